The first kappa shape index (κ1) is 15.7. The zero-order chi connectivity index (χ0) is 15.2. The van der Waals surface area contributed by atoms with Crippen LogP contribution in [0.25, 0.3) is 5.78 Å². The maximum atomic E-state index is 11.7. The molecular weight excluding hydrogens is 290 g/mol. The Morgan fingerprint density at radius 3 is 3.00 bits per heavy atom. The lowest BCUT2D eigenvalue weighted by molar-refractivity contribution is -0.118. The van der Waals surface area contributed by atoms with Gasteiger partial charge in [-0.05, 0) is 26.3 Å². The second kappa shape index (κ2) is 7.37. The highest BCUT2D eigenvalue weighted by Gasteiger charge is 2.10. The van der Waals surface area contributed by atoms with Crippen LogP contribution >= 0.6 is 11.8 Å². The summed E-state index contributed by atoms with van der Waals surface area (Å²) in [5.41, 5.74) is 1.88. The van der Waals surface area contributed by atoms with Gasteiger partial charge < -0.3 is 10.1 Å². The van der Waals surface area contributed by atoms with Gasteiger partial charge in [0.05, 0.1) is 5.75 Å². The second-order valence-electron chi connectivity index (χ2n) is 4.63. The number of thioether (sulfide) groups is 1. The van der Waals surface area contributed by atoms with Gasteiger partial charge in [-0.3, -0.25) is 4.79 Å². The maximum absolute atomic E-state index is 11.7. The number of aryl methyl sites for hydroxylation is 2. The van der Waals surface area contributed by atoms with Gasteiger partial charge in [-0.15, -0.1) is 5.10 Å². The average molecular weight is 309 g/mol. The summed E-state index contributed by atoms with van der Waals surface area (Å²) in [4.78, 5) is 20.3. The van der Waals surface area contributed by atoms with Crippen LogP contribution in [0.1, 0.15) is 17.8 Å². The van der Waals surface area contributed by atoms with Crippen molar-refractivity contribution in [3.63, 3.8) is 0 Å². The number of fused-ring (bicyclic) bond motifs is 1. The maximum Gasteiger partial charge on any atom is 0.253 e. The molecule has 114 valence electrons. The third-order valence-corrected chi connectivity index (χ3v) is 3.62. The molecule has 0 bridgehead atoms. The Morgan fingerprint density at radius 2 is 2.24 bits per heavy atom. The highest BCUT2D eigenvalue weighted by Crippen LogP contribution is 2.14. The molecule has 2 heterocycles. The summed E-state index contributed by atoms with van der Waals surface area (Å²) in [6, 6.07) is 1.94. The Kier molecular flexibility index (Phi) is 5.51. The van der Waals surface area contributed by atoms with Gasteiger partial charge >= 0.3 is 0 Å². The number of carbonyl (C=O) groups is 1. The number of nitrogens with one attached hydrogen (secondary N) is 1. The number of nitrogens with zero attached hydrogens (tertiary/aromatic N) is 4. The number of ether oxygens (including phenoxy) is 1. The van der Waals surface area contributed by atoms with Crippen molar-refractivity contribution in [3.8, 4) is 0 Å². The fraction of sp³-hybridized carbons (Fsp3) is 0.538. The van der Waals surface area contributed by atoms with Gasteiger partial charge in [0.2, 0.25) is 11.1 Å². The first-order chi connectivity index (χ1) is 10.1. The van der Waals surface area contributed by atoms with Crippen molar-refractivity contribution in [2.75, 3.05) is 26.0 Å². The number of amides is 1. The van der Waals surface area contributed by atoms with E-state index in [0.29, 0.717) is 29.8 Å². The van der Waals surface area contributed by atoms with Crippen molar-refractivity contribution in [2.24, 2.45) is 0 Å². The molecule has 2 aromatic heterocycles. The van der Waals surface area contributed by atoms with Crippen LogP contribution in [0.2, 0.25) is 0 Å². The van der Waals surface area contributed by atoms with E-state index < -0.39 is 0 Å². The molecule has 7 nitrogen and oxygen atoms in total. The van der Waals surface area contributed by atoms with Crippen molar-refractivity contribution in [1.82, 2.24) is 24.9 Å². The molecule has 2 rings (SSSR count). The van der Waals surface area contributed by atoms with Gasteiger partial charge in [0.15, 0.2) is 0 Å². The minimum atomic E-state index is -0.0316. The monoisotopic (exact) mass is 309 g/mol. The van der Waals surface area contributed by atoms with Crippen LogP contribution in [-0.2, 0) is 9.53 Å². The molecule has 0 spiro atoms. The molecule has 0 aliphatic heterocycles. The van der Waals surface area contributed by atoms with Crippen molar-refractivity contribution in [2.45, 2.75) is 25.4 Å². The van der Waals surface area contributed by atoms with Crippen molar-refractivity contribution < 1.29 is 9.53 Å². The molecule has 0 aromatic carbocycles. The Labute approximate surface area is 127 Å². The van der Waals surface area contributed by atoms with Gasteiger partial charge in [-0.1, -0.05) is 11.8 Å². The number of rotatable bonds is 7. The van der Waals surface area contributed by atoms with Crippen LogP contribution in [0.4, 0.5) is 0 Å². The van der Waals surface area contributed by atoms with Crippen molar-refractivity contribution in [1.29, 1.82) is 0 Å². The summed E-state index contributed by atoms with van der Waals surface area (Å²) < 4.78 is 6.61. The first-order valence-electron chi connectivity index (χ1n) is 6.69. The van der Waals surface area contributed by atoms with E-state index in [1.54, 1.807) is 11.6 Å². The van der Waals surface area contributed by atoms with Crippen LogP contribution < -0.4 is 5.32 Å². The molecule has 0 unspecified atom stereocenters. The largest absolute Gasteiger partial charge is 0.385 e. The molecule has 8 heteroatoms. The molecular formula is C13H19N5O2S. The Bertz CT molecular complexity index is 628. The summed E-state index contributed by atoms with van der Waals surface area (Å²) in [5.74, 6) is 0.827. The third-order valence-electron chi connectivity index (χ3n) is 2.78. The van der Waals surface area contributed by atoms with E-state index in [0.717, 1.165) is 17.8 Å². The third kappa shape index (κ3) is 4.40. The number of methoxy groups -OCH3 is 1. The molecule has 0 atom stereocenters. The quantitative estimate of drug-likeness (QED) is 0.607. The fourth-order valence-corrected chi connectivity index (χ4v) is 2.48. The number of aromatic nitrogens is 4. The molecule has 0 saturated heterocycles. The first-order valence-corrected chi connectivity index (χ1v) is 7.68. The summed E-state index contributed by atoms with van der Waals surface area (Å²) in [7, 11) is 1.64. The minimum absolute atomic E-state index is 0.0316. The lowest BCUT2D eigenvalue weighted by atomic mass is 10.4. The van der Waals surface area contributed by atoms with Crippen LogP contribution in [0.15, 0.2) is 11.2 Å². The molecule has 0 radical (unpaired) electrons. The zero-order valence-corrected chi connectivity index (χ0v) is 13.2. The van der Waals surface area contributed by atoms with Gasteiger partial charge in [0.25, 0.3) is 5.78 Å². The van der Waals surface area contributed by atoms with Crippen LogP contribution in [0.3, 0.4) is 0 Å². The SMILES string of the molecule is COCCCNC(=O)CSc1nc2nc(C)cc(C)n2n1. The summed E-state index contributed by atoms with van der Waals surface area (Å²) in [6.45, 7) is 5.13. The normalized spacial score (nSPS) is 11.0. The Hall–Kier alpha value is -1.67. The zero-order valence-electron chi connectivity index (χ0n) is 12.4. The predicted octanol–water partition coefficient (Wildman–Crippen LogP) is 0.986. The molecule has 2 aromatic rings. The Balaban J connectivity index is 1.89. The Morgan fingerprint density at radius 1 is 1.43 bits per heavy atom. The highest BCUT2D eigenvalue weighted by atomic mass is 32.2. The van der Waals surface area contributed by atoms with E-state index in [9.17, 15) is 4.79 Å². The summed E-state index contributed by atoms with van der Waals surface area (Å²) in [6.07, 6.45) is 0.807. The summed E-state index contributed by atoms with van der Waals surface area (Å²) in [5, 5.41) is 7.72. The van der Waals surface area contributed by atoms with E-state index in [1.165, 1.54) is 11.8 Å². The average Bonchev–Trinajstić information content (AvgIpc) is 2.84. The lowest BCUT2D eigenvalue weighted by Gasteiger charge is -2.02. The van der Waals surface area contributed by atoms with E-state index in [1.807, 2.05) is 19.9 Å². The van der Waals surface area contributed by atoms with Gasteiger partial charge in [0.1, 0.15) is 0 Å². The predicted molar refractivity (Wildman–Crippen MR) is 80.5 cm³/mol. The van der Waals surface area contributed by atoms with Gasteiger partial charge in [-0.2, -0.15) is 4.98 Å². The minimum Gasteiger partial charge on any atom is -0.385 e. The van der Waals surface area contributed by atoms with Crippen molar-refractivity contribution in [3.05, 3.63) is 17.5 Å². The van der Waals surface area contributed by atoms with E-state index >= 15 is 0 Å². The number of hydrogen-bond acceptors (Lipinski definition) is 6. The lowest BCUT2D eigenvalue weighted by Crippen LogP contribution is -2.26. The van der Waals surface area contributed by atoms with E-state index in [4.69, 9.17) is 4.74 Å². The fourth-order valence-electron chi connectivity index (χ4n) is 1.83. The van der Waals surface area contributed by atoms with Crippen LogP contribution in [0.5, 0.6) is 0 Å². The molecule has 21 heavy (non-hydrogen) atoms. The molecule has 0 saturated carbocycles. The van der Waals surface area contributed by atoms with Gasteiger partial charge in [-0.25, -0.2) is 9.50 Å². The molecule has 0 fully saturated rings. The molecule has 1 amide bonds. The molecule has 0 aliphatic carbocycles. The standard InChI is InChI=1S/C13H19N5O2S/c1-9-7-10(2)18-12(15-9)16-13(17-18)21-8-11(19)14-5-4-6-20-3/h7H,4-6,8H2,1-3H3,(H,14,19). The van der Waals surface area contributed by atoms with Gasteiger partial charge in [0, 0.05) is 31.6 Å². The van der Waals surface area contributed by atoms with E-state index in [2.05, 4.69) is 20.4 Å². The topological polar surface area (TPSA) is 81.4 Å². The number of hydrogen-bond donors (Lipinski definition) is 1. The summed E-state index contributed by atoms with van der Waals surface area (Å²) >= 11 is 1.31. The second-order valence-corrected chi connectivity index (χ2v) is 5.57. The number of carbonyl (C=O) groups excluding carboxylic acids is 1. The molecule has 1 N–H and O–H groups in total. The van der Waals surface area contributed by atoms with Crippen LogP contribution in [0, 0.1) is 13.8 Å². The van der Waals surface area contributed by atoms with Crippen LogP contribution in [-0.4, -0.2) is 51.5 Å². The highest BCUT2D eigenvalue weighted by molar-refractivity contribution is 7.99. The van der Waals surface area contributed by atoms with E-state index in [-0.39, 0.29) is 5.91 Å². The smallest absolute Gasteiger partial charge is 0.253 e. The molecule has 0 aliphatic rings. The van der Waals surface area contributed by atoms with Crippen molar-refractivity contribution >= 4 is 23.4 Å².